The van der Waals surface area contributed by atoms with Crippen LogP contribution in [0.2, 0.25) is 0 Å². The van der Waals surface area contributed by atoms with Gasteiger partial charge in [0.05, 0.1) is 11.4 Å². The quantitative estimate of drug-likeness (QED) is 0.768. The third-order valence-corrected chi connectivity index (χ3v) is 6.57. The molecule has 9 heteroatoms. The normalized spacial score (nSPS) is 23.5. The van der Waals surface area contributed by atoms with E-state index in [0.717, 1.165) is 50.7 Å². The summed E-state index contributed by atoms with van der Waals surface area (Å²) < 4.78 is 25.2. The van der Waals surface area contributed by atoms with Gasteiger partial charge < -0.3 is 4.90 Å². The van der Waals surface area contributed by atoms with Crippen molar-refractivity contribution in [2.45, 2.75) is 49.8 Å². The van der Waals surface area contributed by atoms with Crippen LogP contribution in [0.1, 0.15) is 25.6 Å². The van der Waals surface area contributed by atoms with Crippen molar-refractivity contribution in [2.75, 3.05) is 24.2 Å². The maximum absolute atomic E-state index is 11.6. The average Bonchev–Trinajstić information content (AvgIpc) is 3.32. The van der Waals surface area contributed by atoms with Gasteiger partial charge >= 0.3 is 0 Å². The van der Waals surface area contributed by atoms with E-state index in [4.69, 9.17) is 0 Å². The molecule has 2 saturated heterocycles. The van der Waals surface area contributed by atoms with Crippen LogP contribution in [-0.4, -0.2) is 64.5 Å². The van der Waals surface area contributed by atoms with E-state index in [1.165, 1.54) is 12.5 Å². The molecule has 2 aromatic rings. The lowest BCUT2D eigenvalue weighted by Crippen LogP contribution is -2.37. The van der Waals surface area contributed by atoms with Crippen molar-refractivity contribution in [3.63, 3.8) is 0 Å². The van der Waals surface area contributed by atoms with Gasteiger partial charge in [-0.1, -0.05) is 0 Å². The Hall–Kier alpha value is -2.00. The van der Waals surface area contributed by atoms with Crippen molar-refractivity contribution in [3.05, 3.63) is 30.5 Å². The molecule has 0 aromatic carbocycles. The van der Waals surface area contributed by atoms with Gasteiger partial charge in [0.1, 0.15) is 18.0 Å². The van der Waals surface area contributed by atoms with E-state index in [2.05, 4.69) is 31.8 Å². The summed E-state index contributed by atoms with van der Waals surface area (Å²) in [5.74, 6) is 1.88. The van der Waals surface area contributed by atoms with Gasteiger partial charge in [-0.25, -0.2) is 23.1 Å². The molecule has 2 fully saturated rings. The zero-order chi connectivity index (χ0) is 18.3. The van der Waals surface area contributed by atoms with Gasteiger partial charge in [-0.15, -0.1) is 0 Å². The molecule has 4 heterocycles. The second-order valence-corrected chi connectivity index (χ2v) is 9.01. The van der Waals surface area contributed by atoms with E-state index >= 15 is 0 Å². The Balaban J connectivity index is 1.48. The van der Waals surface area contributed by atoms with Crippen molar-refractivity contribution in [1.29, 1.82) is 0 Å². The van der Waals surface area contributed by atoms with Crippen LogP contribution < -0.4 is 4.90 Å². The molecule has 4 rings (SSSR count). The molecule has 26 heavy (non-hydrogen) atoms. The molecule has 0 N–H and O–H groups in total. The average molecular weight is 376 g/mol. The Morgan fingerprint density at radius 3 is 2.65 bits per heavy atom. The highest BCUT2D eigenvalue weighted by Gasteiger charge is 2.43. The summed E-state index contributed by atoms with van der Waals surface area (Å²) in [6.07, 6.45) is 6.47. The molecule has 2 aliphatic rings. The molecule has 140 valence electrons. The van der Waals surface area contributed by atoms with Gasteiger partial charge in [0, 0.05) is 44.2 Å². The number of hydrogen-bond donors (Lipinski definition) is 0. The molecule has 2 atom stereocenters. The fraction of sp³-hybridized carbons (Fsp3) is 0.588. The summed E-state index contributed by atoms with van der Waals surface area (Å²) in [6, 6.07) is 4.38. The molecule has 2 aromatic heterocycles. The molecule has 0 amide bonds. The van der Waals surface area contributed by atoms with Crippen molar-refractivity contribution >= 4 is 15.7 Å². The molecule has 0 spiro atoms. The molecule has 0 aliphatic carbocycles. The van der Waals surface area contributed by atoms with Crippen LogP contribution in [0.25, 0.3) is 0 Å². The molecular formula is C17H24N6O2S. The number of rotatable bonds is 5. The minimum atomic E-state index is -3.21. The van der Waals surface area contributed by atoms with Crippen LogP contribution in [0.4, 0.5) is 5.82 Å². The molecule has 2 aliphatic heterocycles. The van der Waals surface area contributed by atoms with Crippen LogP contribution in [0.3, 0.4) is 0 Å². The molecule has 0 unspecified atom stereocenters. The monoisotopic (exact) mass is 376 g/mol. The second kappa shape index (κ2) is 6.62. The van der Waals surface area contributed by atoms with Crippen LogP contribution in [0, 0.1) is 0 Å². The molecule has 0 saturated carbocycles. The van der Waals surface area contributed by atoms with E-state index in [1.807, 2.05) is 10.7 Å². The van der Waals surface area contributed by atoms with Crippen molar-refractivity contribution in [2.24, 2.45) is 0 Å². The predicted octanol–water partition coefficient (Wildman–Crippen LogP) is 0.950. The number of fused-ring (bicyclic) bond motifs is 1. The maximum Gasteiger partial charge on any atom is 0.177 e. The third kappa shape index (κ3) is 3.09. The summed E-state index contributed by atoms with van der Waals surface area (Å²) in [6.45, 7) is 5.71. The highest BCUT2D eigenvalue weighted by Crippen LogP contribution is 2.35. The zero-order valence-electron chi connectivity index (χ0n) is 15.1. The fourth-order valence-corrected chi connectivity index (χ4v) is 4.73. The lowest BCUT2D eigenvalue weighted by molar-refractivity contribution is 0.235. The van der Waals surface area contributed by atoms with Gasteiger partial charge in [-0.3, -0.25) is 4.90 Å². The van der Waals surface area contributed by atoms with Crippen molar-refractivity contribution in [3.8, 4) is 0 Å². The van der Waals surface area contributed by atoms with Crippen LogP contribution in [-0.2, 0) is 22.9 Å². The number of likely N-dealkylation sites (tertiary alicyclic amines) is 1. The lowest BCUT2D eigenvalue weighted by atomic mass is 10.1. The minimum Gasteiger partial charge on any atom is -0.352 e. The van der Waals surface area contributed by atoms with Gasteiger partial charge in [0.2, 0.25) is 0 Å². The van der Waals surface area contributed by atoms with E-state index in [0.29, 0.717) is 12.1 Å². The van der Waals surface area contributed by atoms with E-state index in [-0.39, 0.29) is 4.90 Å². The smallest absolute Gasteiger partial charge is 0.177 e. The Kier molecular flexibility index (Phi) is 4.44. The second-order valence-electron chi connectivity index (χ2n) is 6.99. The predicted molar refractivity (Wildman–Crippen MR) is 97.6 cm³/mol. The van der Waals surface area contributed by atoms with E-state index in [9.17, 15) is 8.42 Å². The van der Waals surface area contributed by atoms with Crippen LogP contribution in [0.5, 0.6) is 0 Å². The first kappa shape index (κ1) is 17.4. The van der Waals surface area contributed by atoms with Gasteiger partial charge in [-0.2, -0.15) is 5.10 Å². The molecule has 0 bridgehead atoms. The maximum atomic E-state index is 11.6. The summed E-state index contributed by atoms with van der Waals surface area (Å²) in [5, 5.41) is 4.26. The SMILES string of the molecule is CCn1ncnc1CN1CC[C@H]2[C@@H]1CCN2c1ccc(S(C)(=O)=O)cn1. The molecular weight excluding hydrogens is 352 g/mol. The number of nitrogens with zero attached hydrogens (tertiary/aromatic N) is 6. The first-order valence-corrected chi connectivity index (χ1v) is 10.9. The zero-order valence-corrected chi connectivity index (χ0v) is 15.9. The Morgan fingerprint density at radius 1 is 1.15 bits per heavy atom. The number of hydrogen-bond acceptors (Lipinski definition) is 7. The summed E-state index contributed by atoms with van der Waals surface area (Å²) in [7, 11) is -3.21. The fourth-order valence-electron chi connectivity index (χ4n) is 4.17. The van der Waals surface area contributed by atoms with Gasteiger partial charge in [0.15, 0.2) is 9.84 Å². The summed E-state index contributed by atoms with van der Waals surface area (Å²) >= 11 is 0. The number of sulfone groups is 1. The van der Waals surface area contributed by atoms with Crippen LogP contribution in [0.15, 0.2) is 29.6 Å². The summed E-state index contributed by atoms with van der Waals surface area (Å²) in [4.78, 5) is 13.9. The van der Waals surface area contributed by atoms with Crippen molar-refractivity contribution < 1.29 is 8.42 Å². The van der Waals surface area contributed by atoms with Gasteiger partial charge in [-0.05, 0) is 31.9 Å². The Labute approximate surface area is 153 Å². The number of anilines is 1. The number of pyridine rings is 1. The first-order valence-electron chi connectivity index (χ1n) is 9.01. The number of aryl methyl sites for hydroxylation is 1. The van der Waals surface area contributed by atoms with Crippen LogP contribution >= 0.6 is 0 Å². The number of aromatic nitrogens is 4. The Bertz CT molecular complexity index is 879. The topological polar surface area (TPSA) is 84.2 Å². The molecule has 0 radical (unpaired) electrons. The highest BCUT2D eigenvalue weighted by atomic mass is 32.2. The van der Waals surface area contributed by atoms with Gasteiger partial charge in [0.25, 0.3) is 0 Å². The van der Waals surface area contributed by atoms with E-state index in [1.54, 1.807) is 12.4 Å². The molecule has 8 nitrogen and oxygen atoms in total. The minimum absolute atomic E-state index is 0.268. The Morgan fingerprint density at radius 2 is 1.96 bits per heavy atom. The lowest BCUT2D eigenvalue weighted by Gasteiger charge is -2.26. The summed E-state index contributed by atoms with van der Waals surface area (Å²) in [5.41, 5.74) is 0. The first-order chi connectivity index (χ1) is 12.5. The van der Waals surface area contributed by atoms with E-state index < -0.39 is 9.84 Å². The highest BCUT2D eigenvalue weighted by molar-refractivity contribution is 7.90. The third-order valence-electron chi connectivity index (χ3n) is 5.47. The van der Waals surface area contributed by atoms with Crippen molar-refractivity contribution in [1.82, 2.24) is 24.6 Å². The standard InChI is InChI=1S/C17H24N6O2S/c1-3-23-17(19-12-20-23)11-21-8-6-15-14(21)7-9-22(15)16-5-4-13(10-18-16)26(2,24)25/h4-5,10,12,14-15H,3,6-9,11H2,1-2H3/t14-,15-/m0/s1. The largest absolute Gasteiger partial charge is 0.352 e.